The van der Waals surface area contributed by atoms with Gasteiger partial charge in [-0.1, -0.05) is 42.2 Å². The zero-order valence-corrected chi connectivity index (χ0v) is 19.0. The zero-order valence-electron chi connectivity index (χ0n) is 16.5. The third-order valence-corrected chi connectivity index (χ3v) is 8.41. The number of hydrogen-bond donors (Lipinski definition) is 2. The van der Waals surface area contributed by atoms with Crippen LogP contribution in [-0.2, 0) is 17.6 Å². The molecule has 0 saturated carbocycles. The van der Waals surface area contributed by atoms with Gasteiger partial charge in [0, 0.05) is 4.88 Å². The fraction of sp³-hybridized carbons (Fsp3) is 0.333. The molecule has 0 fully saturated rings. The molecule has 1 aliphatic carbocycles. The van der Waals surface area contributed by atoms with E-state index in [9.17, 15) is 9.59 Å². The molecule has 0 spiro atoms. The number of thiazole rings is 1. The minimum atomic E-state index is -0.424. The first-order valence-corrected chi connectivity index (χ1v) is 12.4. The first-order valence-electron chi connectivity index (χ1n) is 9.85. The highest BCUT2D eigenvalue weighted by molar-refractivity contribution is 8.00. The van der Waals surface area contributed by atoms with Crippen LogP contribution in [0.1, 0.15) is 30.7 Å². The molecular weight excluding hydrogens is 436 g/mol. The number of amides is 1. The Morgan fingerprint density at radius 1 is 1.30 bits per heavy atom. The average molecular weight is 457 g/mol. The second-order valence-electron chi connectivity index (χ2n) is 7.64. The molecule has 3 heterocycles. The normalized spacial score (nSPS) is 17.2. The van der Waals surface area contributed by atoms with Crippen LogP contribution in [-0.4, -0.2) is 26.1 Å². The lowest BCUT2D eigenvalue weighted by atomic mass is 9.89. The summed E-state index contributed by atoms with van der Waals surface area (Å²) in [4.78, 5) is 39.4. The second-order valence-corrected chi connectivity index (χ2v) is 11.1. The van der Waals surface area contributed by atoms with Crippen LogP contribution in [0.4, 0.5) is 5.13 Å². The summed E-state index contributed by atoms with van der Waals surface area (Å²) in [7, 11) is 0. The lowest BCUT2D eigenvalue weighted by molar-refractivity contribution is -0.115. The van der Waals surface area contributed by atoms with Crippen LogP contribution in [0.3, 0.4) is 0 Å². The highest BCUT2D eigenvalue weighted by atomic mass is 32.2. The van der Waals surface area contributed by atoms with E-state index in [4.69, 9.17) is 0 Å². The number of nitrogens with one attached hydrogen (secondary N) is 2. The standard InChI is InChI=1S/C21H20N4O2S3/c1-10-7-8-12-15(9-10)29-19-16(12)18(27)24-21(25-19)28-11(2)17(26)23-20-22-13-5-3-4-6-14(13)30-20/h3-6,10-11H,7-9H2,1-2H3,(H,22,23,26)(H,24,25,27). The molecule has 4 aromatic rings. The maximum Gasteiger partial charge on any atom is 0.260 e. The molecule has 3 aromatic heterocycles. The van der Waals surface area contributed by atoms with Gasteiger partial charge >= 0.3 is 0 Å². The molecule has 0 saturated heterocycles. The molecule has 1 aliphatic rings. The molecular formula is C21H20N4O2S3. The van der Waals surface area contributed by atoms with Crippen LogP contribution < -0.4 is 10.9 Å². The summed E-state index contributed by atoms with van der Waals surface area (Å²) in [6.07, 6.45) is 3.06. The average Bonchev–Trinajstić information content (AvgIpc) is 3.27. The van der Waals surface area contributed by atoms with E-state index in [0.29, 0.717) is 16.2 Å². The van der Waals surface area contributed by atoms with Crippen molar-refractivity contribution in [2.24, 2.45) is 5.92 Å². The molecule has 2 unspecified atom stereocenters. The van der Waals surface area contributed by atoms with Crippen LogP contribution >= 0.6 is 34.4 Å². The van der Waals surface area contributed by atoms with Gasteiger partial charge in [-0.3, -0.25) is 9.59 Å². The number of H-pyrrole nitrogens is 1. The van der Waals surface area contributed by atoms with Crippen molar-refractivity contribution in [3.63, 3.8) is 0 Å². The maximum atomic E-state index is 12.7. The van der Waals surface area contributed by atoms with Crippen molar-refractivity contribution < 1.29 is 4.79 Å². The zero-order chi connectivity index (χ0) is 20.8. The van der Waals surface area contributed by atoms with Crippen LogP contribution in [0, 0.1) is 5.92 Å². The Bertz CT molecular complexity index is 1290. The minimum absolute atomic E-state index is 0.103. The molecule has 1 aromatic carbocycles. The van der Waals surface area contributed by atoms with E-state index < -0.39 is 5.25 Å². The number of carbonyl (C=O) groups is 1. The number of carbonyl (C=O) groups excluding carboxylic acids is 1. The first kappa shape index (κ1) is 19.7. The van der Waals surface area contributed by atoms with Crippen LogP contribution in [0.25, 0.3) is 20.4 Å². The molecule has 2 N–H and O–H groups in total. The Labute approximate surface area is 185 Å². The maximum absolute atomic E-state index is 12.7. The molecule has 30 heavy (non-hydrogen) atoms. The van der Waals surface area contributed by atoms with Gasteiger partial charge in [-0.05, 0) is 49.8 Å². The quantitative estimate of drug-likeness (QED) is 0.339. The van der Waals surface area contributed by atoms with Crippen molar-refractivity contribution >= 4 is 65.9 Å². The molecule has 0 radical (unpaired) electrons. The van der Waals surface area contributed by atoms with E-state index in [-0.39, 0.29) is 11.5 Å². The number of rotatable bonds is 4. The van der Waals surface area contributed by atoms with Gasteiger partial charge in [-0.2, -0.15) is 0 Å². The summed E-state index contributed by atoms with van der Waals surface area (Å²) < 4.78 is 1.03. The number of aromatic nitrogens is 3. The Morgan fingerprint density at radius 3 is 2.97 bits per heavy atom. The summed E-state index contributed by atoms with van der Waals surface area (Å²) in [5.74, 6) is 0.478. The summed E-state index contributed by atoms with van der Waals surface area (Å²) in [5, 5.41) is 4.24. The van der Waals surface area contributed by atoms with Crippen molar-refractivity contribution in [2.45, 2.75) is 43.5 Å². The van der Waals surface area contributed by atoms with Gasteiger partial charge in [0.2, 0.25) is 5.91 Å². The van der Waals surface area contributed by atoms with E-state index in [2.05, 4.69) is 27.2 Å². The smallest absolute Gasteiger partial charge is 0.260 e. The second kappa shape index (κ2) is 7.79. The number of anilines is 1. The lowest BCUT2D eigenvalue weighted by Crippen LogP contribution is -2.23. The number of aryl methyl sites for hydroxylation is 1. The van der Waals surface area contributed by atoms with Gasteiger partial charge < -0.3 is 10.3 Å². The highest BCUT2D eigenvalue weighted by Crippen LogP contribution is 2.36. The van der Waals surface area contributed by atoms with Crippen molar-refractivity contribution in [2.75, 3.05) is 5.32 Å². The van der Waals surface area contributed by atoms with Crippen molar-refractivity contribution in [3.05, 3.63) is 45.1 Å². The van der Waals surface area contributed by atoms with Crippen LogP contribution in [0.2, 0.25) is 0 Å². The fourth-order valence-electron chi connectivity index (χ4n) is 3.74. The Kier molecular flexibility index (Phi) is 5.12. The molecule has 9 heteroatoms. The number of aromatic amines is 1. The fourth-order valence-corrected chi connectivity index (χ4v) is 6.85. The number of hydrogen-bond acceptors (Lipinski definition) is 7. The van der Waals surface area contributed by atoms with Gasteiger partial charge in [-0.15, -0.1) is 11.3 Å². The molecule has 154 valence electrons. The number of thioether (sulfide) groups is 1. The molecule has 0 aliphatic heterocycles. The minimum Gasteiger partial charge on any atom is -0.301 e. The molecule has 5 rings (SSSR count). The van der Waals surface area contributed by atoms with Crippen LogP contribution in [0.5, 0.6) is 0 Å². The van der Waals surface area contributed by atoms with E-state index in [1.165, 1.54) is 33.5 Å². The van der Waals surface area contributed by atoms with Crippen LogP contribution in [0.15, 0.2) is 34.2 Å². The third kappa shape index (κ3) is 3.66. The number of thiophene rings is 1. The predicted molar refractivity (Wildman–Crippen MR) is 125 cm³/mol. The van der Waals surface area contributed by atoms with Crippen molar-refractivity contribution in [3.8, 4) is 0 Å². The van der Waals surface area contributed by atoms with E-state index in [1.807, 2.05) is 24.3 Å². The molecule has 6 nitrogen and oxygen atoms in total. The van der Waals surface area contributed by atoms with E-state index >= 15 is 0 Å². The number of fused-ring (bicyclic) bond motifs is 4. The highest BCUT2D eigenvalue weighted by Gasteiger charge is 2.24. The first-order chi connectivity index (χ1) is 14.5. The predicted octanol–water partition coefficient (Wildman–Crippen LogP) is 4.84. The van der Waals surface area contributed by atoms with Gasteiger partial charge in [-0.25, -0.2) is 9.97 Å². The van der Waals surface area contributed by atoms with Gasteiger partial charge in [0.1, 0.15) is 4.83 Å². The Morgan fingerprint density at radius 2 is 2.13 bits per heavy atom. The summed E-state index contributed by atoms with van der Waals surface area (Å²) >= 11 is 4.32. The Hall–Kier alpha value is -2.23. The number of nitrogens with zero attached hydrogens (tertiary/aromatic N) is 2. The topological polar surface area (TPSA) is 87.7 Å². The van der Waals surface area contributed by atoms with Crippen molar-refractivity contribution in [1.29, 1.82) is 0 Å². The monoisotopic (exact) mass is 456 g/mol. The lowest BCUT2D eigenvalue weighted by Gasteiger charge is -2.17. The Balaban J connectivity index is 1.35. The number of para-hydroxylation sites is 1. The summed E-state index contributed by atoms with van der Waals surface area (Å²) in [6, 6.07) is 7.77. The van der Waals surface area contributed by atoms with E-state index in [0.717, 1.165) is 39.7 Å². The van der Waals surface area contributed by atoms with Gasteiger partial charge in [0.15, 0.2) is 10.3 Å². The molecule has 2 atom stereocenters. The summed E-state index contributed by atoms with van der Waals surface area (Å²) in [6.45, 7) is 4.05. The molecule has 1 amide bonds. The SMILES string of the molecule is CC1CCc2c(sc3nc(SC(C)C(=O)Nc4nc5ccccc5s4)[nH]c(=O)c23)C1. The van der Waals surface area contributed by atoms with Gasteiger partial charge in [0.25, 0.3) is 5.56 Å². The largest absolute Gasteiger partial charge is 0.301 e. The third-order valence-electron chi connectivity index (χ3n) is 5.33. The van der Waals surface area contributed by atoms with Crippen molar-refractivity contribution in [1.82, 2.24) is 15.0 Å². The number of benzene rings is 1. The molecule has 0 bridgehead atoms. The summed E-state index contributed by atoms with van der Waals surface area (Å²) in [5.41, 5.74) is 1.93. The van der Waals surface area contributed by atoms with Gasteiger partial charge in [0.05, 0.1) is 20.9 Å². The van der Waals surface area contributed by atoms with E-state index in [1.54, 1.807) is 18.3 Å².